The van der Waals surface area contributed by atoms with Crippen molar-refractivity contribution < 1.29 is 18.7 Å². The summed E-state index contributed by atoms with van der Waals surface area (Å²) in [7, 11) is 0. The normalized spacial score (nSPS) is 12.5. The summed E-state index contributed by atoms with van der Waals surface area (Å²) in [6, 6.07) is 14.8. The van der Waals surface area contributed by atoms with E-state index in [9.17, 15) is 4.79 Å². The molecule has 3 rings (SSSR count). The van der Waals surface area contributed by atoms with Gasteiger partial charge in [0.15, 0.2) is 0 Å². The number of esters is 1. The molecule has 0 fully saturated rings. The quantitative estimate of drug-likeness (QED) is 0.155. The number of unbranched alkanes of at least 4 members (excludes halogenated alkanes) is 2. The van der Waals surface area contributed by atoms with Crippen molar-refractivity contribution in [2.45, 2.75) is 84.8 Å². The predicted octanol–water partition coefficient (Wildman–Crippen LogP) is 8.06. The smallest absolute Gasteiger partial charge is 0.330 e. The van der Waals surface area contributed by atoms with Gasteiger partial charge in [0.25, 0.3) is 0 Å². The molecule has 1 heterocycles. The molecular formula is C30H38O4. The van der Waals surface area contributed by atoms with Crippen LogP contribution in [0.4, 0.5) is 0 Å². The van der Waals surface area contributed by atoms with Crippen molar-refractivity contribution in [3.63, 3.8) is 0 Å². The second-order valence-electron chi connectivity index (χ2n) is 9.63. The number of ether oxygens (including phenoxy) is 2. The molecule has 0 spiro atoms. The van der Waals surface area contributed by atoms with Crippen molar-refractivity contribution in [1.82, 2.24) is 0 Å². The lowest BCUT2D eigenvalue weighted by Crippen LogP contribution is -2.33. The van der Waals surface area contributed by atoms with E-state index in [2.05, 4.69) is 44.7 Å². The SMILES string of the molecule is C=CC(=O)OC(C)(C)CC(C)Oc1ccc2cc(-c3ccc(CCCCC)cc3CC)oc2c1. The maximum absolute atomic E-state index is 11.6. The molecule has 3 aromatic rings. The first-order valence-corrected chi connectivity index (χ1v) is 12.4. The van der Waals surface area contributed by atoms with Crippen LogP contribution in [0.25, 0.3) is 22.3 Å². The average Bonchev–Trinajstić information content (AvgIpc) is 3.21. The first-order valence-electron chi connectivity index (χ1n) is 12.4. The molecule has 0 N–H and O–H groups in total. The van der Waals surface area contributed by atoms with E-state index in [1.54, 1.807) is 0 Å². The Kier molecular flexibility index (Phi) is 8.60. The molecule has 34 heavy (non-hydrogen) atoms. The van der Waals surface area contributed by atoms with Gasteiger partial charge in [0.2, 0.25) is 0 Å². The number of rotatable bonds is 12. The van der Waals surface area contributed by atoms with Crippen molar-refractivity contribution in [3.8, 4) is 17.1 Å². The fourth-order valence-electron chi connectivity index (χ4n) is 4.45. The molecule has 4 heteroatoms. The van der Waals surface area contributed by atoms with E-state index in [0.717, 1.165) is 40.9 Å². The van der Waals surface area contributed by atoms with Crippen LogP contribution in [0.5, 0.6) is 5.75 Å². The van der Waals surface area contributed by atoms with E-state index in [0.29, 0.717) is 6.42 Å². The third-order valence-electron chi connectivity index (χ3n) is 6.04. The minimum absolute atomic E-state index is 0.147. The zero-order valence-corrected chi connectivity index (χ0v) is 21.3. The standard InChI is InChI=1S/C30H38O4/c1-7-10-11-12-22-13-16-26(23(8-2)17-22)28-18-24-14-15-25(19-27(24)33-28)32-21(4)20-30(5,6)34-29(31)9-3/h9,13-19,21H,3,7-8,10-12,20H2,1-2,4-6H3. The van der Waals surface area contributed by atoms with E-state index in [1.807, 2.05) is 39.0 Å². The van der Waals surface area contributed by atoms with Crippen LogP contribution in [-0.4, -0.2) is 17.7 Å². The lowest BCUT2D eigenvalue weighted by molar-refractivity contribution is -0.152. The van der Waals surface area contributed by atoms with E-state index < -0.39 is 11.6 Å². The van der Waals surface area contributed by atoms with Crippen LogP contribution in [0.2, 0.25) is 0 Å². The molecule has 0 radical (unpaired) electrons. The van der Waals surface area contributed by atoms with Gasteiger partial charge in [-0.15, -0.1) is 0 Å². The zero-order chi connectivity index (χ0) is 24.7. The van der Waals surface area contributed by atoms with Gasteiger partial charge in [-0.3, -0.25) is 0 Å². The molecule has 4 nitrogen and oxygen atoms in total. The maximum Gasteiger partial charge on any atom is 0.330 e. The fourth-order valence-corrected chi connectivity index (χ4v) is 4.45. The molecule has 1 aromatic heterocycles. The van der Waals surface area contributed by atoms with E-state index in [-0.39, 0.29) is 6.10 Å². The molecule has 0 bridgehead atoms. The highest BCUT2D eigenvalue weighted by Crippen LogP contribution is 2.33. The van der Waals surface area contributed by atoms with Crippen molar-refractivity contribution in [2.24, 2.45) is 0 Å². The summed E-state index contributed by atoms with van der Waals surface area (Å²) in [5.74, 6) is 1.19. The topological polar surface area (TPSA) is 48.7 Å². The highest BCUT2D eigenvalue weighted by Gasteiger charge is 2.25. The lowest BCUT2D eigenvalue weighted by Gasteiger charge is -2.28. The van der Waals surface area contributed by atoms with Crippen molar-refractivity contribution in [3.05, 3.63) is 66.2 Å². The van der Waals surface area contributed by atoms with Gasteiger partial charge in [0.1, 0.15) is 22.7 Å². The predicted molar refractivity (Wildman–Crippen MR) is 139 cm³/mol. The summed E-state index contributed by atoms with van der Waals surface area (Å²) < 4.78 is 17.8. The van der Waals surface area contributed by atoms with Crippen LogP contribution >= 0.6 is 0 Å². The molecule has 0 aliphatic rings. The van der Waals surface area contributed by atoms with Crippen LogP contribution in [-0.2, 0) is 22.4 Å². The van der Waals surface area contributed by atoms with Gasteiger partial charge in [-0.1, -0.05) is 51.5 Å². The molecule has 0 saturated carbocycles. The van der Waals surface area contributed by atoms with Gasteiger partial charge in [-0.2, -0.15) is 0 Å². The molecular weight excluding hydrogens is 424 g/mol. The van der Waals surface area contributed by atoms with E-state index >= 15 is 0 Å². The second-order valence-corrected chi connectivity index (χ2v) is 9.63. The number of carbonyl (C=O) groups excluding carboxylic acids is 1. The minimum atomic E-state index is -0.647. The summed E-state index contributed by atoms with van der Waals surface area (Å²) in [5.41, 5.74) is 4.02. The first-order chi connectivity index (χ1) is 16.2. The Balaban J connectivity index is 1.75. The fraction of sp³-hybridized carbons (Fsp3) is 0.433. The van der Waals surface area contributed by atoms with E-state index in [4.69, 9.17) is 13.9 Å². The summed E-state index contributed by atoms with van der Waals surface area (Å²) in [4.78, 5) is 11.6. The number of hydrogen-bond donors (Lipinski definition) is 0. The van der Waals surface area contributed by atoms with E-state index in [1.165, 1.54) is 36.5 Å². The van der Waals surface area contributed by atoms with Crippen molar-refractivity contribution in [1.29, 1.82) is 0 Å². The van der Waals surface area contributed by atoms with Gasteiger partial charge >= 0.3 is 5.97 Å². The number of furan rings is 1. The summed E-state index contributed by atoms with van der Waals surface area (Å²) in [5, 5.41) is 1.05. The number of benzene rings is 2. The van der Waals surface area contributed by atoms with Crippen LogP contribution in [0.1, 0.15) is 71.4 Å². The monoisotopic (exact) mass is 462 g/mol. The van der Waals surface area contributed by atoms with Gasteiger partial charge in [0.05, 0.1) is 6.10 Å². The molecule has 1 atom stereocenters. The van der Waals surface area contributed by atoms with Gasteiger partial charge < -0.3 is 13.9 Å². The van der Waals surface area contributed by atoms with Gasteiger partial charge in [-0.25, -0.2) is 4.79 Å². The third-order valence-corrected chi connectivity index (χ3v) is 6.04. The van der Waals surface area contributed by atoms with Gasteiger partial charge in [-0.05, 0) is 69.4 Å². The summed E-state index contributed by atoms with van der Waals surface area (Å²) in [6.07, 6.45) is 7.43. The molecule has 0 saturated heterocycles. The summed E-state index contributed by atoms with van der Waals surface area (Å²) in [6.45, 7) is 13.6. The number of aryl methyl sites for hydroxylation is 2. The highest BCUT2D eigenvalue weighted by atomic mass is 16.6. The Labute approximate surface area is 204 Å². The minimum Gasteiger partial charge on any atom is -0.490 e. The van der Waals surface area contributed by atoms with Crippen molar-refractivity contribution >= 4 is 16.9 Å². The first kappa shape index (κ1) is 25.6. The molecule has 0 aliphatic carbocycles. The van der Waals surface area contributed by atoms with Crippen LogP contribution in [0.15, 0.2) is 59.5 Å². The molecule has 0 aliphatic heterocycles. The average molecular weight is 463 g/mol. The Hall–Kier alpha value is -3.01. The van der Waals surface area contributed by atoms with Crippen LogP contribution < -0.4 is 4.74 Å². The molecule has 0 amide bonds. The third kappa shape index (κ3) is 6.75. The molecule has 182 valence electrons. The second kappa shape index (κ2) is 11.4. The summed E-state index contributed by atoms with van der Waals surface area (Å²) >= 11 is 0. The maximum atomic E-state index is 11.6. The number of hydrogen-bond acceptors (Lipinski definition) is 4. The number of fused-ring (bicyclic) bond motifs is 1. The Morgan fingerprint density at radius 1 is 1.12 bits per heavy atom. The van der Waals surface area contributed by atoms with Crippen molar-refractivity contribution in [2.75, 3.05) is 0 Å². The van der Waals surface area contributed by atoms with Crippen LogP contribution in [0, 0.1) is 0 Å². The Morgan fingerprint density at radius 3 is 2.62 bits per heavy atom. The van der Waals surface area contributed by atoms with Gasteiger partial charge in [0, 0.05) is 29.5 Å². The van der Waals surface area contributed by atoms with Crippen LogP contribution in [0.3, 0.4) is 0 Å². The highest BCUT2D eigenvalue weighted by molar-refractivity contribution is 5.84. The molecule has 2 aromatic carbocycles. The molecule has 1 unspecified atom stereocenters. The number of carbonyl (C=O) groups is 1. The lowest BCUT2D eigenvalue weighted by atomic mass is 9.97. The zero-order valence-electron chi connectivity index (χ0n) is 21.3. The largest absolute Gasteiger partial charge is 0.490 e. The Bertz CT molecular complexity index is 1120. The Morgan fingerprint density at radius 2 is 1.91 bits per heavy atom.